The summed E-state index contributed by atoms with van der Waals surface area (Å²) in [5.41, 5.74) is 0. The van der Waals surface area contributed by atoms with Crippen LogP contribution in [0.5, 0.6) is 0 Å². The largest absolute Gasteiger partial charge is 0.417 e. The SMILES string of the molecule is CCO[Si](CCCCl)CCCCl. The third-order valence-corrected chi connectivity index (χ3v) is 4.58. The van der Waals surface area contributed by atoms with Crippen LogP contribution in [0.15, 0.2) is 0 Å². The number of hydrogen-bond donors (Lipinski definition) is 0. The summed E-state index contributed by atoms with van der Waals surface area (Å²) in [5, 5.41) is 0. The second kappa shape index (κ2) is 9.84. The third-order valence-electron chi connectivity index (χ3n) is 1.53. The minimum absolute atomic E-state index is 0.590. The zero-order chi connectivity index (χ0) is 9.23. The minimum atomic E-state index is -0.590. The fourth-order valence-corrected chi connectivity index (χ4v) is 3.81. The topological polar surface area (TPSA) is 9.23 Å². The molecule has 12 heavy (non-hydrogen) atoms. The van der Waals surface area contributed by atoms with Gasteiger partial charge in [-0.05, 0) is 31.9 Å². The molecule has 0 atom stereocenters. The highest BCUT2D eigenvalue weighted by molar-refractivity contribution is 6.51. The molecule has 0 saturated carbocycles. The van der Waals surface area contributed by atoms with Gasteiger partial charge in [-0.1, -0.05) is 0 Å². The van der Waals surface area contributed by atoms with E-state index in [1.54, 1.807) is 0 Å². The van der Waals surface area contributed by atoms with Gasteiger partial charge in [0.25, 0.3) is 0 Å². The van der Waals surface area contributed by atoms with Crippen molar-refractivity contribution in [2.75, 3.05) is 18.4 Å². The van der Waals surface area contributed by atoms with Crippen LogP contribution >= 0.6 is 23.2 Å². The van der Waals surface area contributed by atoms with Gasteiger partial charge in [0.2, 0.25) is 9.04 Å². The molecule has 0 bridgehead atoms. The monoisotopic (exact) mass is 227 g/mol. The average molecular weight is 228 g/mol. The molecule has 0 aromatic carbocycles. The van der Waals surface area contributed by atoms with Crippen molar-refractivity contribution in [1.82, 2.24) is 0 Å². The van der Waals surface area contributed by atoms with E-state index in [4.69, 9.17) is 27.6 Å². The van der Waals surface area contributed by atoms with Gasteiger partial charge in [0, 0.05) is 18.4 Å². The van der Waals surface area contributed by atoms with E-state index >= 15 is 0 Å². The first-order valence-corrected chi connectivity index (χ1v) is 7.33. The molecule has 0 aromatic rings. The molecule has 1 radical (unpaired) electrons. The van der Waals surface area contributed by atoms with Crippen LogP contribution in [0.25, 0.3) is 0 Å². The van der Waals surface area contributed by atoms with Gasteiger partial charge < -0.3 is 4.43 Å². The van der Waals surface area contributed by atoms with E-state index in [1.807, 2.05) is 6.92 Å². The highest BCUT2D eigenvalue weighted by atomic mass is 35.5. The maximum absolute atomic E-state index is 5.63. The van der Waals surface area contributed by atoms with Crippen molar-refractivity contribution >= 4 is 32.2 Å². The molecule has 0 fully saturated rings. The van der Waals surface area contributed by atoms with Gasteiger partial charge in [-0.2, -0.15) is 0 Å². The Morgan fingerprint density at radius 1 is 1.08 bits per heavy atom. The number of hydrogen-bond acceptors (Lipinski definition) is 1. The summed E-state index contributed by atoms with van der Waals surface area (Å²) >= 11 is 11.2. The highest BCUT2D eigenvalue weighted by Crippen LogP contribution is 2.09. The van der Waals surface area contributed by atoms with Gasteiger partial charge in [0.05, 0.1) is 0 Å². The van der Waals surface area contributed by atoms with Crippen LogP contribution in [0, 0.1) is 0 Å². The van der Waals surface area contributed by atoms with Gasteiger partial charge in [-0.25, -0.2) is 0 Å². The summed E-state index contributed by atoms with van der Waals surface area (Å²) in [6.07, 6.45) is 2.16. The highest BCUT2D eigenvalue weighted by Gasteiger charge is 2.10. The van der Waals surface area contributed by atoms with Crippen molar-refractivity contribution in [3.05, 3.63) is 0 Å². The van der Waals surface area contributed by atoms with Gasteiger partial charge in [-0.15, -0.1) is 23.2 Å². The Hall–Kier alpha value is 0.757. The molecule has 0 amide bonds. The standard InChI is InChI=1S/C8H17Cl2OSi/c1-2-11-12(7-3-5-9)8-4-6-10/h2-8H2,1H3. The molecule has 73 valence electrons. The Kier molecular flexibility index (Phi) is 10.5. The second-order valence-corrected chi connectivity index (χ2v) is 5.68. The van der Waals surface area contributed by atoms with Gasteiger partial charge >= 0.3 is 0 Å². The molecule has 4 heteroatoms. The van der Waals surface area contributed by atoms with Crippen molar-refractivity contribution in [3.63, 3.8) is 0 Å². The maximum Gasteiger partial charge on any atom is 0.211 e. The Morgan fingerprint density at radius 3 is 1.92 bits per heavy atom. The predicted molar refractivity (Wildman–Crippen MR) is 57.7 cm³/mol. The van der Waals surface area contributed by atoms with Crippen molar-refractivity contribution in [2.45, 2.75) is 31.9 Å². The molecule has 0 N–H and O–H groups in total. The molecular weight excluding hydrogens is 211 g/mol. The molecule has 0 aliphatic carbocycles. The van der Waals surface area contributed by atoms with Gasteiger partial charge in [0.15, 0.2) is 0 Å². The lowest BCUT2D eigenvalue weighted by Gasteiger charge is -2.12. The first-order valence-electron chi connectivity index (χ1n) is 4.44. The van der Waals surface area contributed by atoms with Crippen molar-refractivity contribution in [3.8, 4) is 0 Å². The molecule has 0 spiro atoms. The van der Waals surface area contributed by atoms with Crippen molar-refractivity contribution in [2.24, 2.45) is 0 Å². The van der Waals surface area contributed by atoms with Crippen LogP contribution in [0.1, 0.15) is 19.8 Å². The normalized spacial score (nSPS) is 11.0. The van der Waals surface area contributed by atoms with Crippen LogP contribution in [0.4, 0.5) is 0 Å². The minimum Gasteiger partial charge on any atom is -0.417 e. The smallest absolute Gasteiger partial charge is 0.211 e. The summed E-state index contributed by atoms with van der Waals surface area (Å²) in [6, 6.07) is 2.33. The molecule has 0 aliphatic heterocycles. The molecule has 0 rings (SSSR count). The fraction of sp³-hybridized carbons (Fsp3) is 1.00. The van der Waals surface area contributed by atoms with E-state index in [0.29, 0.717) is 0 Å². The fourth-order valence-electron chi connectivity index (χ4n) is 1.00. The van der Waals surface area contributed by atoms with Crippen LogP contribution < -0.4 is 0 Å². The quantitative estimate of drug-likeness (QED) is 0.457. The summed E-state index contributed by atoms with van der Waals surface area (Å²) in [4.78, 5) is 0. The Bertz CT molecular complexity index is 85.1. The first-order chi connectivity index (χ1) is 5.85. The number of halogens is 2. The lowest BCUT2D eigenvalue weighted by Crippen LogP contribution is -2.17. The van der Waals surface area contributed by atoms with E-state index in [-0.39, 0.29) is 0 Å². The Balaban J connectivity index is 3.40. The average Bonchev–Trinajstić information content (AvgIpc) is 2.10. The molecular formula is C8H17Cl2OSi. The summed E-state index contributed by atoms with van der Waals surface area (Å²) < 4.78 is 5.63. The van der Waals surface area contributed by atoms with Crippen LogP contribution in [0.2, 0.25) is 12.1 Å². The summed E-state index contributed by atoms with van der Waals surface area (Å²) in [7, 11) is -0.590. The molecule has 1 nitrogen and oxygen atoms in total. The first kappa shape index (κ1) is 12.8. The molecule has 0 aromatic heterocycles. The predicted octanol–water partition coefficient (Wildman–Crippen LogP) is 3.27. The maximum atomic E-state index is 5.63. The molecule has 0 aliphatic rings. The summed E-state index contributed by atoms with van der Waals surface area (Å²) in [6.45, 7) is 2.88. The van der Waals surface area contributed by atoms with E-state index < -0.39 is 9.04 Å². The Morgan fingerprint density at radius 2 is 1.58 bits per heavy atom. The lowest BCUT2D eigenvalue weighted by atomic mass is 10.6. The zero-order valence-electron chi connectivity index (χ0n) is 7.61. The van der Waals surface area contributed by atoms with Crippen molar-refractivity contribution < 1.29 is 4.43 Å². The van der Waals surface area contributed by atoms with Crippen LogP contribution in [0.3, 0.4) is 0 Å². The second-order valence-electron chi connectivity index (χ2n) is 2.56. The van der Waals surface area contributed by atoms with Gasteiger partial charge in [-0.3, -0.25) is 0 Å². The van der Waals surface area contributed by atoms with E-state index in [9.17, 15) is 0 Å². The molecule has 0 saturated heterocycles. The third kappa shape index (κ3) is 7.41. The lowest BCUT2D eigenvalue weighted by molar-refractivity contribution is 0.340. The zero-order valence-corrected chi connectivity index (χ0v) is 10.1. The Labute approximate surface area is 87.1 Å². The van der Waals surface area contributed by atoms with E-state index in [1.165, 1.54) is 12.1 Å². The molecule has 0 unspecified atom stereocenters. The summed E-state index contributed by atoms with van der Waals surface area (Å²) in [5.74, 6) is 1.50. The van der Waals surface area contributed by atoms with Crippen LogP contribution in [-0.2, 0) is 4.43 Å². The van der Waals surface area contributed by atoms with E-state index in [2.05, 4.69) is 0 Å². The number of alkyl halides is 2. The van der Waals surface area contributed by atoms with E-state index in [0.717, 1.165) is 31.2 Å². The van der Waals surface area contributed by atoms with Crippen LogP contribution in [-0.4, -0.2) is 27.4 Å². The van der Waals surface area contributed by atoms with Crippen molar-refractivity contribution in [1.29, 1.82) is 0 Å². The van der Waals surface area contributed by atoms with Gasteiger partial charge in [0.1, 0.15) is 0 Å². The molecule has 0 heterocycles. The number of rotatable bonds is 8.